The average Bonchev–Trinajstić information content (AvgIpc) is 2.48. The molecule has 0 atom stereocenters. The van der Waals surface area contributed by atoms with Crippen LogP contribution in [0, 0.1) is 5.82 Å². The van der Waals surface area contributed by atoms with E-state index in [-0.39, 0.29) is 5.82 Å². The van der Waals surface area contributed by atoms with E-state index in [1.54, 1.807) is 12.3 Å². The van der Waals surface area contributed by atoms with Crippen molar-refractivity contribution in [2.24, 2.45) is 0 Å². The van der Waals surface area contributed by atoms with Crippen molar-refractivity contribution in [3.05, 3.63) is 23.6 Å². The van der Waals surface area contributed by atoms with E-state index in [0.29, 0.717) is 17.9 Å². The van der Waals surface area contributed by atoms with Crippen molar-refractivity contribution in [1.29, 1.82) is 0 Å². The van der Waals surface area contributed by atoms with Gasteiger partial charge in [-0.25, -0.2) is 9.37 Å². The summed E-state index contributed by atoms with van der Waals surface area (Å²) in [6.45, 7) is 6.25. The number of halogens is 1. The monoisotopic (exact) mass is 295 g/mol. The van der Waals surface area contributed by atoms with Crippen LogP contribution in [0.1, 0.15) is 5.56 Å². The molecule has 0 radical (unpaired) electrons. The molecule has 1 saturated heterocycles. The van der Waals surface area contributed by atoms with Crippen LogP contribution >= 0.6 is 0 Å². The van der Waals surface area contributed by atoms with Gasteiger partial charge in [0.05, 0.1) is 0 Å². The Bertz CT molecular complexity index is 444. The molecule has 1 aliphatic rings. The molecule has 0 amide bonds. The first-order chi connectivity index (χ1) is 10.1. The molecule has 0 unspecified atom stereocenters. The topological polar surface area (TPSA) is 34.6 Å². The first-order valence-corrected chi connectivity index (χ1v) is 7.52. The molecule has 1 fully saturated rings. The fourth-order valence-corrected chi connectivity index (χ4v) is 2.54. The van der Waals surface area contributed by atoms with Crippen molar-refractivity contribution in [2.75, 3.05) is 65.3 Å². The van der Waals surface area contributed by atoms with E-state index in [9.17, 15) is 4.39 Å². The number of nitrogens with one attached hydrogen (secondary N) is 1. The van der Waals surface area contributed by atoms with Gasteiger partial charge in [0.25, 0.3) is 0 Å². The zero-order valence-corrected chi connectivity index (χ0v) is 13.3. The van der Waals surface area contributed by atoms with E-state index in [1.807, 2.05) is 7.05 Å². The van der Waals surface area contributed by atoms with Crippen molar-refractivity contribution in [3.8, 4) is 0 Å². The SMILES string of the molecule is CNCc1ccnc(N2CCN(CCN(C)C)CC2)c1F. The van der Waals surface area contributed by atoms with Gasteiger partial charge in [-0.15, -0.1) is 0 Å². The molecule has 0 aromatic carbocycles. The van der Waals surface area contributed by atoms with Gasteiger partial charge in [0.15, 0.2) is 11.6 Å². The zero-order chi connectivity index (χ0) is 15.2. The van der Waals surface area contributed by atoms with Crippen molar-refractivity contribution in [3.63, 3.8) is 0 Å². The fraction of sp³-hybridized carbons (Fsp3) is 0.667. The molecule has 5 nitrogen and oxygen atoms in total. The lowest BCUT2D eigenvalue weighted by Gasteiger charge is -2.36. The van der Waals surface area contributed by atoms with Crippen molar-refractivity contribution in [1.82, 2.24) is 20.1 Å². The molecule has 0 spiro atoms. The van der Waals surface area contributed by atoms with Crippen LogP contribution < -0.4 is 10.2 Å². The van der Waals surface area contributed by atoms with Gasteiger partial charge in [0, 0.05) is 57.6 Å². The number of hydrogen-bond acceptors (Lipinski definition) is 5. The van der Waals surface area contributed by atoms with Crippen LogP contribution in [0.25, 0.3) is 0 Å². The minimum atomic E-state index is -0.186. The Morgan fingerprint density at radius 1 is 1.29 bits per heavy atom. The Hall–Kier alpha value is -1.24. The predicted molar refractivity (Wildman–Crippen MR) is 84.2 cm³/mol. The van der Waals surface area contributed by atoms with Gasteiger partial charge in [-0.3, -0.25) is 4.90 Å². The molecule has 1 aromatic rings. The molecule has 0 bridgehead atoms. The maximum absolute atomic E-state index is 14.4. The summed E-state index contributed by atoms with van der Waals surface area (Å²) in [5.74, 6) is 0.309. The van der Waals surface area contributed by atoms with E-state index < -0.39 is 0 Å². The average molecular weight is 295 g/mol. The number of anilines is 1. The van der Waals surface area contributed by atoms with Gasteiger partial charge in [0.2, 0.25) is 0 Å². The highest BCUT2D eigenvalue weighted by molar-refractivity contribution is 5.43. The highest BCUT2D eigenvalue weighted by atomic mass is 19.1. The summed E-state index contributed by atoms with van der Waals surface area (Å²) in [5.41, 5.74) is 0.678. The molecule has 118 valence electrons. The van der Waals surface area contributed by atoms with E-state index in [4.69, 9.17) is 0 Å². The largest absolute Gasteiger partial charge is 0.352 e. The third-order valence-electron chi connectivity index (χ3n) is 3.85. The van der Waals surface area contributed by atoms with Crippen molar-refractivity contribution in [2.45, 2.75) is 6.54 Å². The Morgan fingerprint density at radius 3 is 2.62 bits per heavy atom. The second-order valence-electron chi connectivity index (χ2n) is 5.77. The van der Waals surface area contributed by atoms with Crippen LogP contribution in [0.2, 0.25) is 0 Å². The van der Waals surface area contributed by atoms with E-state index >= 15 is 0 Å². The maximum atomic E-state index is 14.4. The fourth-order valence-electron chi connectivity index (χ4n) is 2.54. The second-order valence-corrected chi connectivity index (χ2v) is 5.77. The Morgan fingerprint density at radius 2 is 2.00 bits per heavy atom. The van der Waals surface area contributed by atoms with Gasteiger partial charge in [0.1, 0.15) is 0 Å². The molecule has 0 saturated carbocycles. The van der Waals surface area contributed by atoms with Crippen LogP contribution in [0.3, 0.4) is 0 Å². The third-order valence-corrected chi connectivity index (χ3v) is 3.85. The summed E-state index contributed by atoms with van der Waals surface area (Å²) in [7, 11) is 5.99. The number of piperazine rings is 1. The number of likely N-dealkylation sites (N-methyl/N-ethyl adjacent to an activating group) is 1. The Balaban J connectivity index is 1.94. The van der Waals surface area contributed by atoms with Crippen LogP contribution in [0.4, 0.5) is 10.2 Å². The lowest BCUT2D eigenvalue weighted by atomic mass is 10.2. The molecule has 0 aliphatic carbocycles. The molecule has 1 aliphatic heterocycles. The third kappa shape index (κ3) is 4.36. The van der Waals surface area contributed by atoms with Crippen LogP contribution in [-0.2, 0) is 6.54 Å². The van der Waals surface area contributed by atoms with Crippen LogP contribution in [-0.4, -0.2) is 75.2 Å². The number of aromatic nitrogens is 1. The maximum Gasteiger partial charge on any atom is 0.170 e. The van der Waals surface area contributed by atoms with Crippen LogP contribution in [0.5, 0.6) is 0 Å². The first kappa shape index (κ1) is 16.1. The summed E-state index contributed by atoms with van der Waals surface area (Å²) in [6.07, 6.45) is 1.70. The summed E-state index contributed by atoms with van der Waals surface area (Å²) in [6, 6.07) is 1.74. The first-order valence-electron chi connectivity index (χ1n) is 7.52. The van der Waals surface area contributed by atoms with Gasteiger partial charge >= 0.3 is 0 Å². The zero-order valence-electron chi connectivity index (χ0n) is 13.3. The van der Waals surface area contributed by atoms with Gasteiger partial charge in [-0.05, 0) is 27.2 Å². The predicted octanol–water partition coefficient (Wildman–Crippen LogP) is 0.624. The Kier molecular flexibility index (Phi) is 5.90. The second kappa shape index (κ2) is 7.68. The normalized spacial score (nSPS) is 16.7. The Labute approximate surface area is 126 Å². The van der Waals surface area contributed by atoms with Gasteiger partial charge < -0.3 is 15.1 Å². The standard InChI is InChI=1S/C15H26FN5/c1-17-12-13-4-5-18-15(14(13)16)21-10-8-20(9-11-21)7-6-19(2)3/h4-5,17H,6-12H2,1-3H3. The summed E-state index contributed by atoms with van der Waals surface area (Å²) < 4.78 is 14.4. The highest BCUT2D eigenvalue weighted by Gasteiger charge is 2.21. The smallest absolute Gasteiger partial charge is 0.170 e. The number of nitrogens with zero attached hydrogens (tertiary/aromatic N) is 4. The molecular formula is C15H26FN5. The van der Waals surface area contributed by atoms with E-state index in [1.165, 1.54) is 0 Å². The van der Waals surface area contributed by atoms with Crippen molar-refractivity contribution < 1.29 is 4.39 Å². The molecule has 2 rings (SSSR count). The lowest BCUT2D eigenvalue weighted by Crippen LogP contribution is -2.48. The van der Waals surface area contributed by atoms with Gasteiger partial charge in [-0.1, -0.05) is 0 Å². The summed E-state index contributed by atoms with van der Waals surface area (Å²) in [5, 5.41) is 2.99. The van der Waals surface area contributed by atoms with Crippen LogP contribution in [0.15, 0.2) is 12.3 Å². The number of pyridine rings is 1. The molecule has 2 heterocycles. The summed E-state index contributed by atoms with van der Waals surface area (Å²) >= 11 is 0. The molecule has 1 N–H and O–H groups in total. The van der Waals surface area contributed by atoms with E-state index in [2.05, 4.69) is 39.1 Å². The number of rotatable bonds is 6. The summed E-state index contributed by atoms with van der Waals surface area (Å²) in [4.78, 5) is 10.9. The molecule has 6 heteroatoms. The number of hydrogen-bond donors (Lipinski definition) is 1. The van der Waals surface area contributed by atoms with E-state index in [0.717, 1.165) is 39.3 Å². The molecule has 1 aromatic heterocycles. The quantitative estimate of drug-likeness (QED) is 0.832. The van der Waals surface area contributed by atoms with Gasteiger partial charge in [-0.2, -0.15) is 0 Å². The minimum absolute atomic E-state index is 0.186. The molecular weight excluding hydrogens is 269 g/mol. The lowest BCUT2D eigenvalue weighted by molar-refractivity contribution is 0.228. The molecule has 21 heavy (non-hydrogen) atoms. The highest BCUT2D eigenvalue weighted by Crippen LogP contribution is 2.20. The van der Waals surface area contributed by atoms with Crippen molar-refractivity contribution >= 4 is 5.82 Å². The minimum Gasteiger partial charge on any atom is -0.352 e.